The second kappa shape index (κ2) is 5.79. The van der Waals surface area contributed by atoms with Crippen molar-refractivity contribution >= 4 is 43.5 Å². The fourth-order valence-corrected chi connectivity index (χ4v) is 2.62. The molecule has 0 unspecified atom stereocenters. The van der Waals surface area contributed by atoms with Gasteiger partial charge >= 0.3 is 0 Å². The number of phenols is 1. The smallest absolute Gasteiger partial charge is 0.262 e. The van der Waals surface area contributed by atoms with Gasteiger partial charge in [0.25, 0.3) is 5.89 Å². The lowest BCUT2D eigenvalue weighted by Crippen LogP contribution is -1.83. The van der Waals surface area contributed by atoms with Crippen LogP contribution in [0.3, 0.4) is 0 Å². The van der Waals surface area contributed by atoms with Crippen molar-refractivity contribution in [1.29, 1.82) is 0 Å². The molecule has 1 aromatic heterocycles. The summed E-state index contributed by atoms with van der Waals surface area (Å²) in [4.78, 5) is 4.30. The van der Waals surface area contributed by atoms with E-state index in [0.717, 1.165) is 14.5 Å². The first kappa shape index (κ1) is 14.6. The highest BCUT2D eigenvalue weighted by atomic mass is 79.9. The topological polar surface area (TPSA) is 59.2 Å². The average molecular weight is 430 g/mol. The molecule has 1 heterocycles. The Balaban J connectivity index is 2.03. The van der Waals surface area contributed by atoms with E-state index in [2.05, 4.69) is 42.0 Å². The van der Waals surface area contributed by atoms with Crippen LogP contribution >= 0.6 is 43.5 Å². The van der Waals surface area contributed by atoms with E-state index in [4.69, 9.17) is 16.1 Å². The Morgan fingerprint density at radius 2 is 1.90 bits per heavy atom. The van der Waals surface area contributed by atoms with Crippen LogP contribution in [-0.4, -0.2) is 15.2 Å². The van der Waals surface area contributed by atoms with Crippen molar-refractivity contribution in [3.63, 3.8) is 0 Å². The van der Waals surface area contributed by atoms with Gasteiger partial charge in [0.15, 0.2) is 0 Å². The number of hydrogen-bond donors (Lipinski definition) is 1. The molecule has 0 spiro atoms. The molecule has 3 aromatic rings. The third-order valence-corrected chi connectivity index (χ3v) is 4.50. The number of phenolic OH excluding ortho intramolecular Hbond substituents is 1. The first-order valence-corrected chi connectivity index (χ1v) is 7.79. The maximum absolute atomic E-state index is 9.88. The second-order valence-corrected chi connectivity index (χ2v) is 6.39. The number of hydrogen-bond acceptors (Lipinski definition) is 4. The Kier molecular flexibility index (Phi) is 4.01. The van der Waals surface area contributed by atoms with Crippen LogP contribution < -0.4 is 0 Å². The molecular formula is C14H7Br2ClN2O2. The fourth-order valence-electron chi connectivity index (χ4n) is 1.76. The van der Waals surface area contributed by atoms with E-state index in [1.807, 2.05) is 0 Å². The molecule has 0 bridgehead atoms. The molecule has 0 saturated carbocycles. The second-order valence-electron chi connectivity index (χ2n) is 4.21. The molecule has 1 N–H and O–H groups in total. The summed E-state index contributed by atoms with van der Waals surface area (Å²) in [7, 11) is 0. The van der Waals surface area contributed by atoms with E-state index >= 15 is 0 Å². The normalized spacial score (nSPS) is 10.8. The third kappa shape index (κ3) is 2.97. The summed E-state index contributed by atoms with van der Waals surface area (Å²) in [5.41, 5.74) is 1.23. The number of aromatic nitrogens is 2. The average Bonchev–Trinajstić information content (AvgIpc) is 2.94. The minimum Gasteiger partial charge on any atom is -0.507 e. The predicted molar refractivity (Wildman–Crippen MR) is 87.2 cm³/mol. The summed E-state index contributed by atoms with van der Waals surface area (Å²) in [6.07, 6.45) is 0. The summed E-state index contributed by atoms with van der Waals surface area (Å²) in [6.45, 7) is 0. The predicted octanol–water partition coefficient (Wildman–Crippen LogP) is 5.29. The van der Waals surface area contributed by atoms with Crippen molar-refractivity contribution < 1.29 is 9.63 Å². The zero-order chi connectivity index (χ0) is 15.0. The molecule has 2 aromatic carbocycles. The van der Waals surface area contributed by atoms with Crippen molar-refractivity contribution in [2.45, 2.75) is 0 Å². The quantitative estimate of drug-likeness (QED) is 0.600. The molecular weight excluding hydrogens is 423 g/mol. The largest absolute Gasteiger partial charge is 0.507 e. The van der Waals surface area contributed by atoms with E-state index in [9.17, 15) is 5.11 Å². The molecule has 0 aliphatic carbocycles. The lowest BCUT2D eigenvalue weighted by atomic mass is 10.2. The van der Waals surface area contributed by atoms with Gasteiger partial charge < -0.3 is 9.63 Å². The van der Waals surface area contributed by atoms with Gasteiger partial charge in [-0.3, -0.25) is 0 Å². The van der Waals surface area contributed by atoms with Crippen LogP contribution in [-0.2, 0) is 0 Å². The Morgan fingerprint density at radius 3 is 2.67 bits per heavy atom. The minimum atomic E-state index is 0.0747. The summed E-state index contributed by atoms with van der Waals surface area (Å²) in [6, 6.07) is 10.3. The molecule has 4 nitrogen and oxygen atoms in total. The van der Waals surface area contributed by atoms with Crippen molar-refractivity contribution in [2.75, 3.05) is 0 Å². The molecule has 0 saturated heterocycles. The maximum atomic E-state index is 9.88. The van der Waals surface area contributed by atoms with Crippen molar-refractivity contribution in [1.82, 2.24) is 10.1 Å². The SMILES string of the molecule is Oc1ccc(Br)cc1-c1nc(-c2ccc(Cl)c(Br)c2)no1. The number of halogens is 3. The number of rotatable bonds is 2. The van der Waals surface area contributed by atoms with E-state index < -0.39 is 0 Å². The van der Waals surface area contributed by atoms with Gasteiger partial charge in [-0.15, -0.1) is 0 Å². The highest BCUT2D eigenvalue weighted by Crippen LogP contribution is 2.33. The summed E-state index contributed by atoms with van der Waals surface area (Å²) >= 11 is 12.7. The van der Waals surface area contributed by atoms with Crippen LogP contribution in [0.15, 0.2) is 49.9 Å². The summed E-state index contributed by atoms with van der Waals surface area (Å²) < 4.78 is 6.78. The van der Waals surface area contributed by atoms with Gasteiger partial charge in [-0.1, -0.05) is 32.7 Å². The fraction of sp³-hybridized carbons (Fsp3) is 0. The first-order valence-electron chi connectivity index (χ1n) is 5.82. The summed E-state index contributed by atoms with van der Waals surface area (Å²) in [5.74, 6) is 0.738. The van der Waals surface area contributed by atoms with Gasteiger partial charge in [-0.25, -0.2) is 0 Å². The zero-order valence-electron chi connectivity index (χ0n) is 10.3. The molecule has 0 atom stereocenters. The highest BCUT2D eigenvalue weighted by Gasteiger charge is 2.15. The van der Waals surface area contributed by atoms with E-state index in [1.54, 1.807) is 36.4 Å². The number of aromatic hydroxyl groups is 1. The van der Waals surface area contributed by atoms with Gasteiger partial charge in [0.1, 0.15) is 5.75 Å². The Labute approximate surface area is 142 Å². The van der Waals surface area contributed by atoms with Crippen LogP contribution in [0.25, 0.3) is 22.8 Å². The maximum Gasteiger partial charge on any atom is 0.262 e. The van der Waals surface area contributed by atoms with Gasteiger partial charge in [0, 0.05) is 14.5 Å². The first-order chi connectivity index (χ1) is 10.0. The standard InChI is InChI=1S/C14H7Br2ClN2O2/c15-8-2-4-12(20)9(6-8)14-18-13(19-21-14)7-1-3-11(17)10(16)5-7/h1-6,20H. The van der Waals surface area contributed by atoms with E-state index in [1.165, 1.54) is 0 Å². The monoisotopic (exact) mass is 428 g/mol. The van der Waals surface area contributed by atoms with Crippen LogP contribution in [0.1, 0.15) is 0 Å². The van der Waals surface area contributed by atoms with Gasteiger partial charge in [-0.05, 0) is 52.3 Å². The van der Waals surface area contributed by atoms with Crippen LogP contribution in [0.2, 0.25) is 5.02 Å². The highest BCUT2D eigenvalue weighted by molar-refractivity contribution is 9.10. The number of benzene rings is 2. The molecule has 0 aliphatic heterocycles. The summed E-state index contributed by atoms with van der Waals surface area (Å²) in [5, 5.41) is 14.4. The molecule has 0 aliphatic rings. The van der Waals surface area contributed by atoms with Crippen LogP contribution in [0, 0.1) is 0 Å². The van der Waals surface area contributed by atoms with Crippen molar-refractivity contribution in [3.8, 4) is 28.6 Å². The van der Waals surface area contributed by atoms with Crippen molar-refractivity contribution in [3.05, 3.63) is 50.4 Å². The van der Waals surface area contributed by atoms with E-state index in [-0.39, 0.29) is 11.6 Å². The van der Waals surface area contributed by atoms with Crippen LogP contribution in [0.4, 0.5) is 0 Å². The Morgan fingerprint density at radius 1 is 1.10 bits per heavy atom. The lowest BCUT2D eigenvalue weighted by molar-refractivity contribution is 0.425. The lowest BCUT2D eigenvalue weighted by Gasteiger charge is -1.99. The molecule has 0 fully saturated rings. The van der Waals surface area contributed by atoms with E-state index in [0.29, 0.717) is 16.4 Å². The Bertz CT molecular complexity index is 820. The molecule has 7 heteroatoms. The van der Waals surface area contributed by atoms with Crippen LogP contribution in [0.5, 0.6) is 5.75 Å². The molecule has 21 heavy (non-hydrogen) atoms. The third-order valence-electron chi connectivity index (χ3n) is 2.79. The van der Waals surface area contributed by atoms with Gasteiger partial charge in [0.2, 0.25) is 5.82 Å². The van der Waals surface area contributed by atoms with Gasteiger partial charge in [-0.2, -0.15) is 4.98 Å². The molecule has 0 amide bonds. The van der Waals surface area contributed by atoms with Crippen molar-refractivity contribution in [2.24, 2.45) is 0 Å². The zero-order valence-corrected chi connectivity index (χ0v) is 14.3. The minimum absolute atomic E-state index is 0.0747. The molecule has 3 rings (SSSR count). The van der Waals surface area contributed by atoms with Gasteiger partial charge in [0.05, 0.1) is 10.6 Å². The molecule has 106 valence electrons. The molecule has 0 radical (unpaired) electrons. The Hall–Kier alpha value is -1.37. The number of nitrogens with zero attached hydrogens (tertiary/aromatic N) is 2.